The molecule has 1 aromatic carbocycles. The van der Waals surface area contributed by atoms with Crippen molar-refractivity contribution in [2.24, 2.45) is 17.8 Å². The van der Waals surface area contributed by atoms with Crippen LogP contribution in [0.5, 0.6) is 0 Å². The number of nitrogens with zero attached hydrogens (tertiary/aromatic N) is 1. The summed E-state index contributed by atoms with van der Waals surface area (Å²) in [4.78, 5) is 56.3. The van der Waals surface area contributed by atoms with Gasteiger partial charge in [0.25, 0.3) is 0 Å². The van der Waals surface area contributed by atoms with Crippen molar-refractivity contribution >= 4 is 81.9 Å². The summed E-state index contributed by atoms with van der Waals surface area (Å²) in [6, 6.07) is 9.93. The van der Waals surface area contributed by atoms with Gasteiger partial charge in [-0.2, -0.15) is 0 Å². The van der Waals surface area contributed by atoms with E-state index in [1.54, 1.807) is 46.8 Å². The highest BCUT2D eigenvalue weighted by atomic mass is 35.5. The molecule has 1 heterocycles. The first-order valence-electron chi connectivity index (χ1n) is 26.6. The van der Waals surface area contributed by atoms with Crippen molar-refractivity contribution in [2.45, 2.75) is 190 Å². The molecule has 4 rings (SSSR count). The Kier molecular flexibility index (Phi) is 44.3. The van der Waals surface area contributed by atoms with E-state index in [9.17, 15) is 45.0 Å². The molecule has 0 fully saturated rings. The van der Waals surface area contributed by atoms with Gasteiger partial charge in [-0.1, -0.05) is 123 Å². The lowest BCUT2D eigenvalue weighted by Gasteiger charge is -2.19. The zero-order chi connectivity index (χ0) is 60.7. The molecule has 16 heteroatoms. The molecule has 3 aliphatic rings. The minimum atomic E-state index is -3.08. The van der Waals surface area contributed by atoms with Crippen LogP contribution in [0.2, 0.25) is 0 Å². The number of amides is 2. The molecule has 77 heavy (non-hydrogen) atoms. The maximum atomic E-state index is 11.4. The van der Waals surface area contributed by atoms with Gasteiger partial charge in [-0.15, -0.1) is 11.6 Å². The first-order valence-corrected chi connectivity index (χ1v) is 32.3. The van der Waals surface area contributed by atoms with Crippen LogP contribution in [0.25, 0.3) is 6.08 Å². The number of carbonyl (C=O) groups excluding carboxylic acids is 5. The Morgan fingerprint density at radius 1 is 0.714 bits per heavy atom. The Balaban J connectivity index is -0.000000399. The number of sulfone groups is 2. The van der Waals surface area contributed by atoms with E-state index in [-0.39, 0.29) is 68.8 Å². The third-order valence-corrected chi connectivity index (χ3v) is 17.6. The lowest BCUT2D eigenvalue weighted by atomic mass is 9.92. The maximum Gasteiger partial charge on any atom is 0.246 e. The van der Waals surface area contributed by atoms with Crippen LogP contribution < -0.4 is 5.32 Å². The highest BCUT2D eigenvalue weighted by Gasteiger charge is 2.18. The summed E-state index contributed by atoms with van der Waals surface area (Å²) < 4.78 is 55.6. The second-order valence-electron chi connectivity index (χ2n) is 20.3. The van der Waals surface area contributed by atoms with E-state index in [2.05, 4.69) is 48.3 Å². The summed E-state index contributed by atoms with van der Waals surface area (Å²) in [6.07, 6.45) is 18.5. The van der Waals surface area contributed by atoms with Crippen molar-refractivity contribution in [3.63, 3.8) is 0 Å². The van der Waals surface area contributed by atoms with Crippen LogP contribution in [0.1, 0.15) is 168 Å². The molecule has 1 aromatic rings. The van der Waals surface area contributed by atoms with E-state index >= 15 is 0 Å². The van der Waals surface area contributed by atoms with Gasteiger partial charge in [-0.25, -0.2) is 16.8 Å². The number of hydrogen-bond acceptors (Lipinski definition) is 10. The highest BCUT2D eigenvalue weighted by Crippen LogP contribution is 2.21. The Labute approximate surface area is 474 Å². The van der Waals surface area contributed by atoms with E-state index in [4.69, 9.17) is 11.6 Å². The lowest BCUT2D eigenvalue weighted by molar-refractivity contribution is -0.126. The number of rotatable bonds is 16. The molecule has 1 atom stereocenters. The molecule has 12 nitrogen and oxygen atoms in total. The summed E-state index contributed by atoms with van der Waals surface area (Å²) in [7, 11) is -7.93. The number of carbonyl (C=O) groups is 5. The maximum absolute atomic E-state index is 11.4. The van der Waals surface area contributed by atoms with Gasteiger partial charge < -0.3 is 10.2 Å². The molecule has 0 spiro atoms. The number of alkyl halides is 1. The highest BCUT2D eigenvalue weighted by molar-refractivity contribution is 8.03. The number of allylic oxidation sites excluding steroid dienone is 4. The minimum Gasteiger partial charge on any atom is -0.350 e. The summed E-state index contributed by atoms with van der Waals surface area (Å²) in [5.41, 5.74) is 3.04. The lowest BCUT2D eigenvalue weighted by Crippen LogP contribution is -2.32. The number of benzene rings is 1. The third kappa shape index (κ3) is 40.3. The fourth-order valence-corrected chi connectivity index (χ4v) is 8.04. The molecule has 0 saturated carbocycles. The number of ketones is 3. The van der Waals surface area contributed by atoms with E-state index in [0.29, 0.717) is 17.6 Å². The quantitative estimate of drug-likeness (QED) is 0.0549. The largest absolute Gasteiger partial charge is 0.350 e. The summed E-state index contributed by atoms with van der Waals surface area (Å²) in [5.74, 6) is 9.96. The van der Waals surface area contributed by atoms with Crippen molar-refractivity contribution in [1.82, 2.24) is 10.2 Å². The monoisotopic (exact) mass is 1150 g/mol. The van der Waals surface area contributed by atoms with Gasteiger partial charge in [-0.3, -0.25) is 28.2 Å². The molecular formula is C61H99ClN2O10S3. The van der Waals surface area contributed by atoms with Gasteiger partial charge in [0, 0.05) is 59.0 Å². The van der Waals surface area contributed by atoms with Crippen LogP contribution in [0.3, 0.4) is 0 Å². The molecule has 1 unspecified atom stereocenters. The van der Waals surface area contributed by atoms with Gasteiger partial charge in [0.2, 0.25) is 17.6 Å². The number of hydrogen-bond donors (Lipinski definition) is 1. The third-order valence-electron chi connectivity index (χ3n) is 10.9. The van der Waals surface area contributed by atoms with Crippen LogP contribution in [0.4, 0.5) is 0 Å². The SMILES string of the molecule is C=CC(=O)NC(C)C.C=CS(=C)(=O)C(C)C.CC#CC(=O)C(C)C.CC(C)C(=O)C1=CCCC1.CC(C)C(=O)C1=CCCCC1.CC(C)N1CC=CC1=O.CC(C)S(=O)(=O)/C=C/c1ccccc1.CC(C)S(=O)(=O)CCCl. The van der Waals surface area contributed by atoms with Crippen molar-refractivity contribution in [3.8, 4) is 11.8 Å². The summed E-state index contributed by atoms with van der Waals surface area (Å²) >= 11 is 5.25. The van der Waals surface area contributed by atoms with Gasteiger partial charge in [-0.05, 0) is 163 Å². The van der Waals surface area contributed by atoms with E-state index in [1.807, 2.05) is 124 Å². The van der Waals surface area contributed by atoms with Crippen LogP contribution >= 0.6 is 11.6 Å². The number of Topliss-reactive ketones (excluding diaryl/α,β-unsaturated/α-hetero) is 3. The second kappa shape index (κ2) is 43.3. The van der Waals surface area contributed by atoms with Crippen molar-refractivity contribution in [2.75, 3.05) is 18.2 Å². The van der Waals surface area contributed by atoms with E-state index in [0.717, 1.165) is 48.9 Å². The molecular weight excluding hydrogens is 1050 g/mol. The molecule has 1 aliphatic heterocycles. The molecule has 0 radical (unpaired) electrons. The predicted octanol–water partition coefficient (Wildman–Crippen LogP) is 12.5. The predicted molar refractivity (Wildman–Crippen MR) is 331 cm³/mol. The van der Waals surface area contributed by atoms with Crippen LogP contribution in [0.15, 0.2) is 95.8 Å². The summed E-state index contributed by atoms with van der Waals surface area (Å²) in [5, 5.41) is 4.79. The first-order chi connectivity index (χ1) is 35.5. The van der Waals surface area contributed by atoms with Gasteiger partial charge >= 0.3 is 0 Å². The zero-order valence-corrected chi connectivity index (χ0v) is 53.2. The molecule has 2 aliphatic carbocycles. The minimum absolute atomic E-state index is 0.0208. The van der Waals surface area contributed by atoms with Crippen LogP contribution in [-0.4, -0.2) is 107 Å². The molecule has 0 saturated heterocycles. The van der Waals surface area contributed by atoms with Crippen molar-refractivity contribution in [3.05, 3.63) is 101 Å². The average Bonchev–Trinajstić information content (AvgIpc) is 4.07. The zero-order valence-electron chi connectivity index (χ0n) is 49.9. The fraction of sp³-hybridized carbons (Fsp3) is 0.574. The van der Waals surface area contributed by atoms with Crippen molar-refractivity contribution < 1.29 is 45.0 Å². The second-order valence-corrected chi connectivity index (χ2v) is 28.6. The van der Waals surface area contributed by atoms with Gasteiger partial charge in [0.05, 0.1) is 16.3 Å². The molecule has 2 amide bonds. The standard InChI is InChI=1S/C11H14O2S.C10H16O.C9H14O.C7H11NO.C7H10O.C6H11NO.C6H12OS.C5H11ClO2S/c1-10(2)14(12,13)9-8-11-6-4-3-5-7-11;1-8(2)10(11)9-6-4-3-5-7-9;1-7(2)9(10)8-5-3-4-6-8;1-6(2)8-5-3-4-7(8)9;1-4-5-7(8)6(2)3;1-4-6(8)7-5(2)3;1-5-8(4,7)6(2)3;1-5(2)9(7,8)4-3-6/h3-10H,1-2H3;6,8H,3-5,7H2,1-2H3;5,7H,3-4,6H2,1-2H3;3-4,6H,5H2,1-2H3;6H,1-3H3;4-5H,1H2,2-3H3,(H,7,8);5-6H,1,4H2,2-3H3;5H,3-4H2,1-2H3/b9-8+;;;;;;;. The van der Waals surface area contributed by atoms with Crippen LogP contribution in [-0.2, 0) is 53.2 Å². The van der Waals surface area contributed by atoms with Gasteiger partial charge in [0.15, 0.2) is 31.2 Å². The Morgan fingerprint density at radius 3 is 1.45 bits per heavy atom. The van der Waals surface area contributed by atoms with Gasteiger partial charge in [0.1, 0.15) is 0 Å². The average molecular weight is 1150 g/mol. The van der Waals surface area contributed by atoms with E-state index < -0.39 is 29.2 Å². The molecule has 0 aromatic heterocycles. The smallest absolute Gasteiger partial charge is 0.246 e. The normalized spacial score (nSPS) is 14.4. The van der Waals surface area contributed by atoms with Crippen molar-refractivity contribution in [1.29, 1.82) is 0 Å². The number of nitrogens with one attached hydrogen (secondary N) is 1. The Hall–Kier alpha value is -4.62. The molecule has 1 N–H and O–H groups in total. The first kappa shape index (κ1) is 78.9. The summed E-state index contributed by atoms with van der Waals surface area (Å²) in [6.45, 7) is 39.0. The molecule has 0 bridgehead atoms. The topological polar surface area (TPSA) is 186 Å². The Bertz CT molecular complexity index is 2470. The fourth-order valence-electron chi connectivity index (χ4n) is 5.66. The molecule has 438 valence electrons. The van der Waals surface area contributed by atoms with E-state index in [1.165, 1.54) is 36.2 Å². The Morgan fingerprint density at radius 2 is 1.21 bits per heavy atom. The van der Waals surface area contributed by atoms with Crippen LogP contribution in [0, 0.1) is 29.6 Å². The number of halogens is 1.